The Morgan fingerprint density at radius 1 is 0.314 bits per heavy atom. The minimum absolute atomic E-state index is 0.105. The van der Waals surface area contributed by atoms with Gasteiger partial charge in [-0.1, -0.05) is 286 Å². The standard InChI is InChI=1S/C67H130O17P2/c1-7-9-11-13-15-17-19-23-27-30-37-43-49-64(69)77-55-62(83-67(72)52-46-40-32-28-24-21-20-22-25-29-35-41-47-59(3)4)57-81-85(73,74)79-53-61(68)54-80-86(75,76)82-58-63(56-78-65(70)50-44-38-34-33-36-42-48-60(5)6)84-66(71)51-45-39-31-26-18-16-14-12-10-8-2/h59-63,68H,7-58H2,1-6H3,(H,73,74)(H,75,76)/t61-,62-,63-/m1/s1. The molecule has 0 aliphatic carbocycles. The minimum Gasteiger partial charge on any atom is -0.462 e. The Bertz CT molecular complexity index is 1680. The lowest BCUT2D eigenvalue weighted by molar-refractivity contribution is -0.161. The predicted molar refractivity (Wildman–Crippen MR) is 345 cm³/mol. The number of phosphoric acid groups is 2. The molecule has 2 unspecified atom stereocenters. The molecule has 3 N–H and O–H groups in total. The number of hydrogen-bond donors (Lipinski definition) is 3. The number of hydrogen-bond acceptors (Lipinski definition) is 15. The zero-order valence-electron chi connectivity index (χ0n) is 55.6. The number of ether oxygens (including phenoxy) is 4. The first-order valence-electron chi connectivity index (χ1n) is 35.0. The van der Waals surface area contributed by atoms with Gasteiger partial charge < -0.3 is 33.8 Å². The lowest BCUT2D eigenvalue weighted by Gasteiger charge is -2.21. The van der Waals surface area contributed by atoms with Crippen LogP contribution in [0.5, 0.6) is 0 Å². The minimum atomic E-state index is -4.95. The second kappa shape index (κ2) is 59.4. The molecule has 86 heavy (non-hydrogen) atoms. The molecule has 0 amide bonds. The van der Waals surface area contributed by atoms with E-state index in [9.17, 15) is 43.2 Å². The first-order chi connectivity index (χ1) is 41.4. The molecule has 0 bridgehead atoms. The summed E-state index contributed by atoms with van der Waals surface area (Å²) in [5.41, 5.74) is 0. The van der Waals surface area contributed by atoms with E-state index in [4.69, 9.17) is 37.0 Å². The number of aliphatic hydroxyl groups is 1. The molecular weight excluding hydrogens is 1140 g/mol. The van der Waals surface area contributed by atoms with E-state index >= 15 is 0 Å². The van der Waals surface area contributed by atoms with Crippen molar-refractivity contribution in [1.82, 2.24) is 0 Å². The van der Waals surface area contributed by atoms with Crippen LogP contribution in [0.25, 0.3) is 0 Å². The van der Waals surface area contributed by atoms with Crippen molar-refractivity contribution in [1.29, 1.82) is 0 Å². The number of carbonyl (C=O) groups is 4. The number of phosphoric ester groups is 2. The Morgan fingerprint density at radius 3 is 0.791 bits per heavy atom. The Kier molecular flexibility index (Phi) is 58.0. The first kappa shape index (κ1) is 84.1. The van der Waals surface area contributed by atoms with Crippen LogP contribution in [-0.4, -0.2) is 96.7 Å². The molecule has 0 spiro atoms. The summed E-state index contributed by atoms with van der Waals surface area (Å²) in [7, 11) is -9.89. The molecule has 0 aliphatic heterocycles. The van der Waals surface area contributed by atoms with Gasteiger partial charge in [0.15, 0.2) is 12.2 Å². The maximum Gasteiger partial charge on any atom is 0.472 e. The van der Waals surface area contributed by atoms with Crippen molar-refractivity contribution in [3.8, 4) is 0 Å². The predicted octanol–water partition coefficient (Wildman–Crippen LogP) is 18.8. The fourth-order valence-electron chi connectivity index (χ4n) is 10.1. The van der Waals surface area contributed by atoms with E-state index in [2.05, 4.69) is 41.5 Å². The van der Waals surface area contributed by atoms with Crippen molar-refractivity contribution >= 4 is 39.5 Å². The highest BCUT2D eigenvalue weighted by Crippen LogP contribution is 2.45. The van der Waals surface area contributed by atoms with E-state index in [1.54, 1.807) is 0 Å². The lowest BCUT2D eigenvalue weighted by Crippen LogP contribution is -2.30. The molecule has 0 heterocycles. The van der Waals surface area contributed by atoms with Crippen molar-refractivity contribution in [2.24, 2.45) is 11.8 Å². The van der Waals surface area contributed by atoms with Crippen molar-refractivity contribution < 1.29 is 80.2 Å². The van der Waals surface area contributed by atoms with Gasteiger partial charge in [-0.15, -0.1) is 0 Å². The number of rotatable bonds is 66. The summed E-state index contributed by atoms with van der Waals surface area (Å²) in [6.45, 7) is 9.44. The van der Waals surface area contributed by atoms with Crippen LogP contribution in [0.4, 0.5) is 0 Å². The van der Waals surface area contributed by atoms with Crippen LogP contribution in [0.3, 0.4) is 0 Å². The summed E-state index contributed by atoms with van der Waals surface area (Å²) in [6.07, 6.45) is 43.1. The maximum atomic E-state index is 13.0. The van der Waals surface area contributed by atoms with Crippen LogP contribution in [0, 0.1) is 11.8 Å². The highest BCUT2D eigenvalue weighted by atomic mass is 31.2. The monoisotopic (exact) mass is 1270 g/mol. The van der Waals surface area contributed by atoms with Gasteiger partial charge in [0, 0.05) is 25.7 Å². The Morgan fingerprint density at radius 2 is 0.535 bits per heavy atom. The van der Waals surface area contributed by atoms with Crippen LogP contribution in [0.2, 0.25) is 0 Å². The van der Waals surface area contributed by atoms with Gasteiger partial charge in [-0.05, 0) is 37.5 Å². The van der Waals surface area contributed by atoms with Crippen molar-refractivity contribution in [2.75, 3.05) is 39.6 Å². The van der Waals surface area contributed by atoms with Gasteiger partial charge >= 0.3 is 39.5 Å². The summed E-state index contributed by atoms with van der Waals surface area (Å²) in [5.74, 6) is -0.673. The number of carbonyl (C=O) groups excluding carboxylic acids is 4. The summed E-state index contributed by atoms with van der Waals surface area (Å²) in [4.78, 5) is 72.3. The van der Waals surface area contributed by atoms with Gasteiger partial charge in [-0.3, -0.25) is 37.3 Å². The van der Waals surface area contributed by atoms with Gasteiger partial charge in [-0.25, -0.2) is 9.13 Å². The van der Waals surface area contributed by atoms with E-state index < -0.39 is 97.5 Å². The van der Waals surface area contributed by atoms with Crippen molar-refractivity contribution in [3.05, 3.63) is 0 Å². The van der Waals surface area contributed by atoms with Crippen LogP contribution >= 0.6 is 15.6 Å². The molecule has 0 saturated carbocycles. The molecule has 0 aromatic heterocycles. The maximum absolute atomic E-state index is 13.0. The van der Waals surface area contributed by atoms with Crippen LogP contribution in [0.15, 0.2) is 0 Å². The van der Waals surface area contributed by atoms with Crippen LogP contribution < -0.4 is 0 Å². The lowest BCUT2D eigenvalue weighted by atomic mass is 10.0. The third-order valence-electron chi connectivity index (χ3n) is 15.5. The first-order valence-corrected chi connectivity index (χ1v) is 38.0. The number of unbranched alkanes of at least 4 members (excludes halogenated alkanes) is 36. The molecule has 0 aromatic rings. The van der Waals surface area contributed by atoms with Gasteiger partial charge in [0.05, 0.1) is 26.4 Å². The summed E-state index contributed by atoms with van der Waals surface area (Å²) >= 11 is 0. The number of esters is 4. The molecule has 5 atom stereocenters. The van der Waals surface area contributed by atoms with Crippen LogP contribution in [0.1, 0.15) is 337 Å². The Balaban J connectivity index is 5.23. The molecule has 19 heteroatoms. The zero-order valence-corrected chi connectivity index (χ0v) is 57.4. The van der Waals surface area contributed by atoms with E-state index in [1.165, 1.54) is 148 Å². The second-order valence-corrected chi connectivity index (χ2v) is 28.1. The molecular formula is C67H130O17P2. The Labute approximate surface area is 524 Å². The van der Waals surface area contributed by atoms with Gasteiger partial charge in [0.2, 0.25) is 0 Å². The summed E-state index contributed by atoms with van der Waals surface area (Å²) in [6, 6.07) is 0. The van der Waals surface area contributed by atoms with E-state index in [0.29, 0.717) is 31.6 Å². The Hall–Kier alpha value is -1.94. The fourth-order valence-corrected chi connectivity index (χ4v) is 11.6. The smallest absolute Gasteiger partial charge is 0.462 e. The largest absolute Gasteiger partial charge is 0.472 e. The molecule has 0 aromatic carbocycles. The third kappa shape index (κ3) is 60.9. The molecule has 0 radical (unpaired) electrons. The summed E-state index contributed by atoms with van der Waals surface area (Å²) < 4.78 is 68.1. The van der Waals surface area contributed by atoms with Gasteiger partial charge in [-0.2, -0.15) is 0 Å². The third-order valence-corrected chi connectivity index (χ3v) is 17.4. The molecule has 0 fully saturated rings. The summed E-state index contributed by atoms with van der Waals surface area (Å²) in [5, 5.41) is 10.6. The average Bonchev–Trinajstić information content (AvgIpc) is 3.69. The van der Waals surface area contributed by atoms with Crippen LogP contribution in [-0.2, 0) is 65.4 Å². The molecule has 17 nitrogen and oxygen atoms in total. The fraction of sp³-hybridized carbons (Fsp3) is 0.940. The van der Waals surface area contributed by atoms with E-state index in [-0.39, 0.29) is 25.7 Å². The van der Waals surface area contributed by atoms with E-state index in [0.717, 1.165) is 102 Å². The van der Waals surface area contributed by atoms with Gasteiger partial charge in [0.1, 0.15) is 19.3 Å². The average molecular weight is 1270 g/mol. The second-order valence-electron chi connectivity index (χ2n) is 25.2. The molecule has 0 rings (SSSR count). The topological polar surface area (TPSA) is 237 Å². The normalized spacial score (nSPS) is 14.2. The highest BCUT2D eigenvalue weighted by molar-refractivity contribution is 7.47. The number of aliphatic hydroxyl groups excluding tert-OH is 1. The quantitative estimate of drug-likeness (QED) is 0.0222. The van der Waals surface area contributed by atoms with E-state index in [1.807, 2.05) is 0 Å². The SMILES string of the molecule is CCCCCCCCCCCCCCC(=O)OC[C@H](COP(=O)(O)OC[C@@H](O)COP(=O)(O)OC[C@@H](COC(=O)CCCCCCCCC(C)C)OC(=O)CCCCCCCCCCCC)OC(=O)CCCCCCCCCCCCCCC(C)C. The van der Waals surface area contributed by atoms with Gasteiger partial charge in [0.25, 0.3) is 0 Å². The molecule has 0 aliphatic rings. The molecule has 510 valence electrons. The van der Waals surface area contributed by atoms with Crippen molar-refractivity contribution in [2.45, 2.75) is 355 Å². The van der Waals surface area contributed by atoms with Crippen molar-refractivity contribution in [3.63, 3.8) is 0 Å². The highest BCUT2D eigenvalue weighted by Gasteiger charge is 2.30. The zero-order chi connectivity index (χ0) is 63.6. The molecule has 0 saturated heterocycles.